The van der Waals surface area contributed by atoms with Crippen molar-refractivity contribution in [2.75, 3.05) is 49.2 Å². The Bertz CT molecular complexity index is 1120. The first-order valence-corrected chi connectivity index (χ1v) is 11.2. The molecule has 2 heterocycles. The van der Waals surface area contributed by atoms with E-state index in [1.165, 1.54) is 11.0 Å². The number of cyclic esters (lactones) is 1. The molecule has 1 atom stereocenters. The third-order valence-corrected chi connectivity index (χ3v) is 5.81. The van der Waals surface area contributed by atoms with Gasteiger partial charge in [0, 0.05) is 32.0 Å². The Morgan fingerprint density at radius 2 is 1.77 bits per heavy atom. The summed E-state index contributed by atoms with van der Waals surface area (Å²) < 4.78 is 51.9. The van der Waals surface area contributed by atoms with Gasteiger partial charge in [-0.15, -0.1) is 0 Å². The summed E-state index contributed by atoms with van der Waals surface area (Å²) in [6.07, 6.45) is -1.81. The second-order valence-electron chi connectivity index (χ2n) is 8.20. The lowest BCUT2D eigenvalue weighted by molar-refractivity contribution is -0.121. The Morgan fingerprint density at radius 1 is 1.00 bits per heavy atom. The number of nitrogens with one attached hydrogen (secondary N) is 1. The third kappa shape index (κ3) is 5.91. The zero-order valence-corrected chi connectivity index (χ0v) is 18.8. The van der Waals surface area contributed by atoms with E-state index >= 15 is 0 Å². The molecular formula is C24H24F3N3O5. The van der Waals surface area contributed by atoms with Gasteiger partial charge < -0.3 is 19.7 Å². The molecule has 4 rings (SSSR count). The zero-order chi connectivity index (χ0) is 24.9. The first-order chi connectivity index (χ1) is 16.8. The van der Waals surface area contributed by atoms with Crippen molar-refractivity contribution in [2.45, 2.75) is 18.9 Å². The maximum Gasteiger partial charge on any atom is 0.414 e. The molecule has 0 radical (unpaired) electrons. The molecule has 2 aromatic carbocycles. The smallest absolute Gasteiger partial charge is 0.414 e. The van der Waals surface area contributed by atoms with Gasteiger partial charge in [-0.3, -0.25) is 14.5 Å². The number of benzene rings is 2. The van der Waals surface area contributed by atoms with Crippen LogP contribution in [0.2, 0.25) is 0 Å². The average Bonchev–Trinajstić information content (AvgIpc) is 3.22. The Labute approximate surface area is 199 Å². The zero-order valence-electron chi connectivity index (χ0n) is 18.8. The minimum atomic E-state index is -0.984. The number of rotatable bonds is 8. The van der Waals surface area contributed by atoms with Crippen LogP contribution in [0.1, 0.15) is 23.2 Å². The van der Waals surface area contributed by atoms with Crippen LogP contribution in [0.15, 0.2) is 36.4 Å². The second kappa shape index (κ2) is 10.8. The summed E-state index contributed by atoms with van der Waals surface area (Å²) in [4.78, 5) is 39.6. The highest BCUT2D eigenvalue weighted by Crippen LogP contribution is 2.28. The van der Waals surface area contributed by atoms with E-state index in [-0.39, 0.29) is 31.5 Å². The topological polar surface area (TPSA) is 88.2 Å². The molecular weight excluding hydrogens is 467 g/mol. The summed E-state index contributed by atoms with van der Waals surface area (Å²) in [5, 5.41) is 2.57. The standard InChI is InChI=1S/C24H24F3N3O5/c25-15-1-3-18(19(26)11-15)22(31)5-6-23(32)28-13-17-14-30(24(33)35-17)16-2-4-21(20(27)12-16)29-7-9-34-10-8-29/h1-4,11-12,17H,5-10,13-14H2,(H,28,32). The van der Waals surface area contributed by atoms with E-state index < -0.39 is 41.3 Å². The van der Waals surface area contributed by atoms with Crippen LogP contribution in [0.25, 0.3) is 0 Å². The summed E-state index contributed by atoms with van der Waals surface area (Å²) in [5.41, 5.74) is 0.486. The number of ketones is 1. The molecule has 2 fully saturated rings. The number of Topliss-reactive ketones (excluding diaryl/α,β-unsaturated/α-hetero) is 1. The summed E-state index contributed by atoms with van der Waals surface area (Å²) in [6, 6.07) is 7.13. The minimum Gasteiger partial charge on any atom is -0.442 e. The number of morpholine rings is 1. The largest absolute Gasteiger partial charge is 0.442 e. The van der Waals surface area contributed by atoms with Crippen molar-refractivity contribution >= 4 is 29.2 Å². The number of nitrogens with zero attached hydrogens (tertiary/aromatic N) is 2. The SMILES string of the molecule is O=C(CCC(=O)c1ccc(F)cc1F)NCC1CN(c2ccc(N3CCOCC3)c(F)c2)C(=O)O1. The molecule has 0 aromatic heterocycles. The highest BCUT2D eigenvalue weighted by molar-refractivity contribution is 5.98. The monoisotopic (exact) mass is 491 g/mol. The minimum absolute atomic E-state index is 0.00544. The second-order valence-corrected chi connectivity index (χ2v) is 8.20. The van der Waals surface area contributed by atoms with Crippen LogP contribution < -0.4 is 15.1 Å². The highest BCUT2D eigenvalue weighted by atomic mass is 19.1. The van der Waals surface area contributed by atoms with E-state index in [4.69, 9.17) is 9.47 Å². The molecule has 35 heavy (non-hydrogen) atoms. The van der Waals surface area contributed by atoms with E-state index in [0.717, 1.165) is 12.1 Å². The molecule has 186 valence electrons. The molecule has 8 nitrogen and oxygen atoms in total. The molecule has 11 heteroatoms. The van der Waals surface area contributed by atoms with Crippen molar-refractivity contribution in [3.05, 3.63) is 59.4 Å². The van der Waals surface area contributed by atoms with Crippen molar-refractivity contribution in [1.82, 2.24) is 5.32 Å². The Morgan fingerprint density at radius 3 is 2.49 bits per heavy atom. The van der Waals surface area contributed by atoms with Crippen LogP contribution in [0.4, 0.5) is 29.3 Å². The molecule has 0 spiro atoms. The molecule has 0 saturated carbocycles. The highest BCUT2D eigenvalue weighted by Gasteiger charge is 2.33. The Balaban J connectivity index is 1.26. The van der Waals surface area contributed by atoms with Crippen LogP contribution >= 0.6 is 0 Å². The number of hydrogen-bond donors (Lipinski definition) is 1. The van der Waals surface area contributed by atoms with Crippen molar-refractivity contribution in [3.63, 3.8) is 0 Å². The summed E-state index contributed by atoms with van der Waals surface area (Å²) in [6.45, 7) is 2.29. The number of ether oxygens (including phenoxy) is 2. The van der Waals surface area contributed by atoms with E-state index in [1.807, 2.05) is 4.90 Å². The van der Waals surface area contributed by atoms with Gasteiger partial charge in [0.2, 0.25) is 5.91 Å². The average molecular weight is 491 g/mol. The van der Waals surface area contributed by atoms with Gasteiger partial charge in [0.15, 0.2) is 5.78 Å². The van der Waals surface area contributed by atoms with Gasteiger partial charge in [-0.1, -0.05) is 0 Å². The van der Waals surface area contributed by atoms with Gasteiger partial charge in [-0.25, -0.2) is 18.0 Å². The van der Waals surface area contributed by atoms with E-state index in [1.54, 1.807) is 12.1 Å². The van der Waals surface area contributed by atoms with Gasteiger partial charge in [0.05, 0.1) is 43.2 Å². The molecule has 1 N–H and O–H groups in total. The van der Waals surface area contributed by atoms with Gasteiger partial charge in [-0.2, -0.15) is 0 Å². The van der Waals surface area contributed by atoms with Gasteiger partial charge >= 0.3 is 6.09 Å². The molecule has 0 bridgehead atoms. The lowest BCUT2D eigenvalue weighted by Gasteiger charge is -2.29. The maximum atomic E-state index is 14.7. The van der Waals surface area contributed by atoms with Gasteiger partial charge in [0.25, 0.3) is 0 Å². The molecule has 2 aliphatic heterocycles. The lowest BCUT2D eigenvalue weighted by atomic mass is 10.1. The fourth-order valence-electron chi connectivity index (χ4n) is 3.96. The van der Waals surface area contributed by atoms with E-state index in [2.05, 4.69) is 5.32 Å². The van der Waals surface area contributed by atoms with Crippen LogP contribution in [0.5, 0.6) is 0 Å². The predicted molar refractivity (Wildman–Crippen MR) is 120 cm³/mol. The van der Waals surface area contributed by atoms with Crippen molar-refractivity contribution in [3.8, 4) is 0 Å². The number of anilines is 2. The molecule has 2 aromatic rings. The maximum absolute atomic E-state index is 14.7. The summed E-state index contributed by atoms with van der Waals surface area (Å²) in [7, 11) is 0. The fourth-order valence-corrected chi connectivity index (χ4v) is 3.96. The molecule has 0 aliphatic carbocycles. The number of carbonyl (C=O) groups excluding carboxylic acids is 3. The van der Waals surface area contributed by atoms with Crippen LogP contribution in [0, 0.1) is 17.5 Å². The first kappa shape index (κ1) is 24.5. The molecule has 2 saturated heterocycles. The van der Waals surface area contributed by atoms with E-state index in [0.29, 0.717) is 43.7 Å². The Hall–Kier alpha value is -3.60. The van der Waals surface area contributed by atoms with Crippen LogP contribution in [-0.2, 0) is 14.3 Å². The third-order valence-electron chi connectivity index (χ3n) is 5.81. The number of carbonyl (C=O) groups is 3. The van der Waals surface area contributed by atoms with Crippen LogP contribution in [-0.4, -0.2) is 63.3 Å². The Kier molecular flexibility index (Phi) is 7.54. The van der Waals surface area contributed by atoms with Crippen molar-refractivity contribution < 1.29 is 37.0 Å². The van der Waals surface area contributed by atoms with E-state index in [9.17, 15) is 27.6 Å². The predicted octanol–water partition coefficient (Wildman–Crippen LogP) is 3.05. The molecule has 2 aliphatic rings. The van der Waals surface area contributed by atoms with Gasteiger partial charge in [-0.05, 0) is 30.3 Å². The normalized spacial score (nSPS) is 17.9. The molecule has 2 amide bonds. The van der Waals surface area contributed by atoms with Crippen molar-refractivity contribution in [1.29, 1.82) is 0 Å². The lowest BCUT2D eigenvalue weighted by Crippen LogP contribution is -2.37. The van der Waals surface area contributed by atoms with Crippen molar-refractivity contribution in [2.24, 2.45) is 0 Å². The first-order valence-electron chi connectivity index (χ1n) is 11.2. The number of halogens is 3. The fraction of sp³-hybridized carbons (Fsp3) is 0.375. The molecule has 1 unspecified atom stereocenters. The summed E-state index contributed by atoms with van der Waals surface area (Å²) >= 11 is 0. The van der Waals surface area contributed by atoms with Gasteiger partial charge in [0.1, 0.15) is 23.6 Å². The number of amides is 2. The van der Waals surface area contributed by atoms with Crippen LogP contribution in [0.3, 0.4) is 0 Å². The quantitative estimate of drug-likeness (QED) is 0.572. The summed E-state index contributed by atoms with van der Waals surface area (Å²) in [5.74, 6) is -3.36. The number of hydrogen-bond acceptors (Lipinski definition) is 6.